The quantitative estimate of drug-likeness (QED) is 0.606. The molecule has 0 aliphatic heterocycles. The van der Waals surface area contributed by atoms with Crippen LogP contribution in [-0.2, 0) is 4.74 Å². The van der Waals surface area contributed by atoms with E-state index in [0.717, 1.165) is 32.7 Å². The van der Waals surface area contributed by atoms with Gasteiger partial charge in [0.2, 0.25) is 0 Å². The highest BCUT2D eigenvalue weighted by Crippen LogP contribution is 2.09. The second kappa shape index (κ2) is 8.86. The fourth-order valence-electron chi connectivity index (χ4n) is 1.77. The lowest BCUT2D eigenvalue weighted by atomic mass is 10.0. The second-order valence-electron chi connectivity index (χ2n) is 5.20. The van der Waals surface area contributed by atoms with Crippen LogP contribution in [0.25, 0.3) is 0 Å². The minimum Gasteiger partial charge on any atom is -0.394 e. The third-order valence-electron chi connectivity index (χ3n) is 3.02. The van der Waals surface area contributed by atoms with Crippen LogP contribution in [0.15, 0.2) is 0 Å². The molecule has 0 heterocycles. The number of hydrogen-bond acceptors (Lipinski definition) is 4. The molecule has 1 unspecified atom stereocenters. The maximum atomic E-state index is 9.55. The molecule has 0 amide bonds. The van der Waals surface area contributed by atoms with Gasteiger partial charge in [-0.25, -0.2) is 0 Å². The monoisotopic (exact) mass is 246 g/mol. The normalized spacial score (nSPS) is 15.5. The van der Waals surface area contributed by atoms with Crippen molar-refractivity contribution >= 4 is 0 Å². The van der Waals surface area contributed by atoms with E-state index in [1.54, 1.807) is 7.11 Å². The molecule has 0 aliphatic carbocycles. The first-order valence-corrected chi connectivity index (χ1v) is 6.58. The second-order valence-corrected chi connectivity index (χ2v) is 5.20. The Morgan fingerprint density at radius 2 is 2.06 bits per heavy atom. The molecule has 0 saturated heterocycles. The van der Waals surface area contributed by atoms with Gasteiger partial charge in [-0.15, -0.1) is 0 Å². The van der Waals surface area contributed by atoms with Crippen LogP contribution in [0.2, 0.25) is 0 Å². The van der Waals surface area contributed by atoms with Crippen molar-refractivity contribution in [3.8, 4) is 0 Å². The molecule has 1 atom stereocenters. The van der Waals surface area contributed by atoms with Gasteiger partial charge in [0, 0.05) is 26.2 Å². The van der Waals surface area contributed by atoms with Gasteiger partial charge in [0.1, 0.15) is 0 Å². The van der Waals surface area contributed by atoms with Crippen molar-refractivity contribution < 1.29 is 9.84 Å². The minimum absolute atomic E-state index is 0.156. The van der Waals surface area contributed by atoms with Crippen LogP contribution in [0.5, 0.6) is 0 Å². The highest BCUT2D eigenvalue weighted by molar-refractivity contribution is 4.87. The third kappa shape index (κ3) is 6.99. The Balaban J connectivity index is 4.35. The van der Waals surface area contributed by atoms with E-state index < -0.39 is 0 Å². The van der Waals surface area contributed by atoms with Crippen molar-refractivity contribution in [2.24, 2.45) is 0 Å². The number of ether oxygens (including phenoxy) is 1. The summed E-state index contributed by atoms with van der Waals surface area (Å²) in [5, 5.41) is 13.0. The standard InChI is InChI=1S/C13H30N2O2/c1-6-7-14-13(4,11-16)10-15(12(2)3)8-9-17-5/h12,14,16H,6-11H2,1-5H3. The predicted octanol–water partition coefficient (Wildman–Crippen LogP) is 1.09. The molecular formula is C13H30N2O2. The molecule has 2 N–H and O–H groups in total. The van der Waals surface area contributed by atoms with E-state index >= 15 is 0 Å². The smallest absolute Gasteiger partial charge is 0.0623 e. The van der Waals surface area contributed by atoms with E-state index in [1.165, 1.54) is 0 Å². The summed E-state index contributed by atoms with van der Waals surface area (Å²) >= 11 is 0. The minimum atomic E-state index is -0.228. The van der Waals surface area contributed by atoms with Gasteiger partial charge < -0.3 is 15.2 Å². The molecule has 17 heavy (non-hydrogen) atoms. The van der Waals surface area contributed by atoms with Crippen LogP contribution in [0.1, 0.15) is 34.1 Å². The molecule has 0 aromatic rings. The fraction of sp³-hybridized carbons (Fsp3) is 1.00. The van der Waals surface area contributed by atoms with Gasteiger partial charge in [0.05, 0.1) is 18.8 Å². The molecule has 0 aliphatic rings. The number of rotatable bonds is 10. The van der Waals surface area contributed by atoms with Gasteiger partial charge >= 0.3 is 0 Å². The SMILES string of the molecule is CCCNC(C)(CO)CN(CCOC)C(C)C. The summed E-state index contributed by atoms with van der Waals surface area (Å²) in [6, 6.07) is 0.458. The zero-order valence-electron chi connectivity index (χ0n) is 12.1. The summed E-state index contributed by atoms with van der Waals surface area (Å²) in [5.74, 6) is 0. The summed E-state index contributed by atoms with van der Waals surface area (Å²) in [6.45, 7) is 12.1. The number of hydrogen-bond donors (Lipinski definition) is 2. The van der Waals surface area contributed by atoms with E-state index in [1.807, 2.05) is 0 Å². The van der Waals surface area contributed by atoms with Crippen molar-refractivity contribution in [2.75, 3.05) is 40.0 Å². The molecular weight excluding hydrogens is 216 g/mol. The fourth-order valence-corrected chi connectivity index (χ4v) is 1.77. The van der Waals surface area contributed by atoms with Crippen LogP contribution < -0.4 is 5.32 Å². The van der Waals surface area contributed by atoms with Crippen LogP contribution in [0.4, 0.5) is 0 Å². The third-order valence-corrected chi connectivity index (χ3v) is 3.02. The first kappa shape index (κ1) is 16.8. The van der Waals surface area contributed by atoms with Gasteiger partial charge in [0.25, 0.3) is 0 Å². The Morgan fingerprint density at radius 3 is 2.47 bits per heavy atom. The summed E-state index contributed by atoms with van der Waals surface area (Å²) in [6.07, 6.45) is 1.08. The van der Waals surface area contributed by atoms with Crippen LogP contribution in [-0.4, -0.2) is 61.5 Å². The Bertz CT molecular complexity index is 188. The molecule has 0 radical (unpaired) electrons. The van der Waals surface area contributed by atoms with E-state index in [4.69, 9.17) is 4.74 Å². The topological polar surface area (TPSA) is 44.7 Å². The van der Waals surface area contributed by atoms with Crippen LogP contribution >= 0.6 is 0 Å². The van der Waals surface area contributed by atoms with E-state index in [-0.39, 0.29) is 12.1 Å². The molecule has 0 rings (SSSR count). The first-order chi connectivity index (χ1) is 7.99. The molecule has 0 aromatic carbocycles. The van der Waals surface area contributed by atoms with E-state index in [9.17, 15) is 5.11 Å². The molecule has 0 spiro atoms. The lowest BCUT2D eigenvalue weighted by molar-refractivity contribution is 0.0783. The Hall–Kier alpha value is -0.160. The lowest BCUT2D eigenvalue weighted by Crippen LogP contribution is -2.56. The van der Waals surface area contributed by atoms with Gasteiger partial charge in [-0.3, -0.25) is 4.90 Å². The summed E-state index contributed by atoms with van der Waals surface area (Å²) < 4.78 is 5.13. The van der Waals surface area contributed by atoms with Crippen LogP contribution in [0.3, 0.4) is 0 Å². The zero-order valence-corrected chi connectivity index (χ0v) is 12.1. The largest absolute Gasteiger partial charge is 0.394 e. The van der Waals surface area contributed by atoms with Crippen LogP contribution in [0, 0.1) is 0 Å². The Labute approximate surface area is 106 Å². The van der Waals surface area contributed by atoms with Gasteiger partial charge in [0.15, 0.2) is 0 Å². The van der Waals surface area contributed by atoms with Gasteiger partial charge in [-0.2, -0.15) is 0 Å². The number of methoxy groups -OCH3 is 1. The van der Waals surface area contributed by atoms with Gasteiger partial charge in [-0.05, 0) is 33.7 Å². The average Bonchev–Trinajstić information content (AvgIpc) is 2.31. The summed E-state index contributed by atoms with van der Waals surface area (Å²) in [4.78, 5) is 2.34. The van der Waals surface area contributed by atoms with E-state index in [0.29, 0.717) is 6.04 Å². The Morgan fingerprint density at radius 1 is 1.41 bits per heavy atom. The molecule has 4 heteroatoms. The van der Waals surface area contributed by atoms with Crippen molar-refractivity contribution in [2.45, 2.75) is 45.7 Å². The lowest BCUT2D eigenvalue weighted by Gasteiger charge is -2.37. The highest BCUT2D eigenvalue weighted by Gasteiger charge is 2.26. The number of nitrogens with one attached hydrogen (secondary N) is 1. The Kier molecular flexibility index (Phi) is 8.78. The summed E-state index contributed by atoms with van der Waals surface area (Å²) in [7, 11) is 1.72. The maximum absolute atomic E-state index is 9.55. The van der Waals surface area contributed by atoms with Crippen molar-refractivity contribution in [3.05, 3.63) is 0 Å². The molecule has 0 bridgehead atoms. The molecule has 4 nitrogen and oxygen atoms in total. The van der Waals surface area contributed by atoms with Gasteiger partial charge in [-0.1, -0.05) is 6.92 Å². The highest BCUT2D eigenvalue weighted by atomic mass is 16.5. The molecule has 0 fully saturated rings. The van der Waals surface area contributed by atoms with E-state index in [2.05, 4.69) is 37.9 Å². The first-order valence-electron chi connectivity index (χ1n) is 6.58. The van der Waals surface area contributed by atoms with Crippen molar-refractivity contribution in [1.29, 1.82) is 0 Å². The number of aliphatic hydroxyl groups is 1. The average molecular weight is 246 g/mol. The maximum Gasteiger partial charge on any atom is 0.0623 e. The van der Waals surface area contributed by atoms with Crippen molar-refractivity contribution in [1.82, 2.24) is 10.2 Å². The molecule has 0 saturated carbocycles. The molecule has 0 aromatic heterocycles. The predicted molar refractivity (Wildman–Crippen MR) is 72.4 cm³/mol. The van der Waals surface area contributed by atoms with Crippen molar-refractivity contribution in [3.63, 3.8) is 0 Å². The summed E-state index contributed by atoms with van der Waals surface area (Å²) in [5.41, 5.74) is -0.228. The molecule has 104 valence electrons. The zero-order chi connectivity index (χ0) is 13.3. The number of nitrogens with zero attached hydrogens (tertiary/aromatic N) is 1. The number of aliphatic hydroxyl groups excluding tert-OH is 1.